The van der Waals surface area contributed by atoms with Crippen LogP contribution in [0.15, 0.2) is 0 Å². The molecule has 1 heterocycles. The molecule has 3 nitrogen and oxygen atoms in total. The molecule has 0 aromatic carbocycles. The molecule has 0 amide bonds. The van der Waals surface area contributed by atoms with Crippen LogP contribution >= 0.6 is 0 Å². The Balaban J connectivity index is 2.12. The van der Waals surface area contributed by atoms with Crippen molar-refractivity contribution in [3.8, 4) is 0 Å². The highest BCUT2D eigenvalue weighted by molar-refractivity contribution is 6.92. The normalized spacial score (nSPS) is 22.2. The summed E-state index contributed by atoms with van der Waals surface area (Å²) in [5.74, 6) is 0. The Bertz CT molecular complexity index is 319. The molecule has 1 aliphatic heterocycles. The maximum atomic E-state index is 6.35. The van der Waals surface area contributed by atoms with Gasteiger partial charge in [-0.1, -0.05) is 71.1 Å². The van der Waals surface area contributed by atoms with E-state index < -0.39 is 25.7 Å². The van der Waals surface area contributed by atoms with Crippen molar-refractivity contribution in [3.05, 3.63) is 0 Å². The summed E-state index contributed by atoms with van der Waals surface area (Å²) in [5.41, 5.74) is 0. The summed E-state index contributed by atoms with van der Waals surface area (Å²) in [5, 5.41) is 0. The number of unbranched alkanes of at least 4 members (excludes halogenated alkanes) is 9. The average Bonchev–Trinajstić information content (AvgIpc) is 2.36. The predicted octanol–water partition coefficient (Wildman–Crippen LogP) is 6.45. The van der Waals surface area contributed by atoms with Crippen LogP contribution in [0, 0.1) is 0 Å². The van der Waals surface area contributed by atoms with E-state index in [1.165, 1.54) is 64.2 Å². The summed E-state index contributed by atoms with van der Waals surface area (Å²) in [6, 6.07) is 1.14. The molecule has 0 atom stereocenters. The number of rotatable bonds is 11. The van der Waals surface area contributed by atoms with Gasteiger partial charge < -0.3 is 12.3 Å². The Hall–Kier alpha value is 0.531. The van der Waals surface area contributed by atoms with Crippen molar-refractivity contribution in [3.63, 3.8) is 0 Å². The van der Waals surface area contributed by atoms with E-state index in [1.807, 2.05) is 0 Å². The van der Waals surface area contributed by atoms with Crippen molar-refractivity contribution in [2.45, 2.75) is 110 Å². The van der Waals surface area contributed by atoms with Gasteiger partial charge in [0.2, 0.25) is 0 Å². The first kappa shape index (κ1) is 21.6. The minimum Gasteiger partial charge on any atom is -0.416 e. The lowest BCUT2D eigenvalue weighted by Crippen LogP contribution is -2.65. The zero-order valence-corrected chi connectivity index (χ0v) is 19.5. The van der Waals surface area contributed by atoms with Gasteiger partial charge in [-0.3, -0.25) is 0 Å². The van der Waals surface area contributed by atoms with Crippen LogP contribution in [0.3, 0.4) is 0 Å². The van der Waals surface area contributed by atoms with E-state index in [4.69, 9.17) is 12.3 Å². The van der Waals surface area contributed by atoms with Crippen molar-refractivity contribution >= 4 is 25.7 Å². The molecule has 0 bridgehead atoms. The molecule has 1 fully saturated rings. The van der Waals surface area contributed by atoms with E-state index in [-0.39, 0.29) is 0 Å². The summed E-state index contributed by atoms with van der Waals surface area (Å²) in [6.45, 7) is 13.2. The molecular weight excluding hydrogens is 336 g/mol. The van der Waals surface area contributed by atoms with Gasteiger partial charge in [-0.05, 0) is 38.8 Å². The maximum Gasteiger partial charge on any atom is 0.317 e. The average molecular weight is 377 g/mol. The van der Waals surface area contributed by atoms with Crippen LogP contribution in [-0.4, -0.2) is 25.7 Å². The molecule has 6 heteroatoms. The van der Waals surface area contributed by atoms with Gasteiger partial charge >= 0.3 is 25.7 Å². The van der Waals surface area contributed by atoms with Gasteiger partial charge in [0.05, 0.1) is 0 Å². The first-order chi connectivity index (χ1) is 10.7. The lowest BCUT2D eigenvalue weighted by Gasteiger charge is -2.48. The van der Waals surface area contributed by atoms with E-state index in [0.717, 1.165) is 6.04 Å². The van der Waals surface area contributed by atoms with E-state index >= 15 is 0 Å². The van der Waals surface area contributed by atoms with Crippen molar-refractivity contribution in [2.75, 3.05) is 0 Å². The first-order valence-corrected chi connectivity index (χ1v) is 17.9. The van der Waals surface area contributed by atoms with Crippen molar-refractivity contribution in [1.29, 1.82) is 0 Å². The molecule has 1 rings (SSSR count). The third-order valence-electron chi connectivity index (χ3n) is 4.40. The Morgan fingerprint density at radius 1 is 0.522 bits per heavy atom. The fourth-order valence-electron chi connectivity index (χ4n) is 3.73. The zero-order chi connectivity index (χ0) is 17.4. The molecule has 0 saturated carbocycles. The standard InChI is InChI=1S/C17H40O3Si3/c1-7-8-9-10-11-12-13-14-15-16-17-23(6)19-21(2,3)18-22(4,5)20-23/h7-17H2,1-6H3. The second-order valence-electron chi connectivity index (χ2n) is 8.17. The number of hydrogen-bond donors (Lipinski definition) is 0. The van der Waals surface area contributed by atoms with Crippen LogP contribution in [-0.2, 0) is 12.3 Å². The van der Waals surface area contributed by atoms with E-state index in [9.17, 15) is 0 Å². The van der Waals surface area contributed by atoms with Crippen LogP contribution in [0.4, 0.5) is 0 Å². The van der Waals surface area contributed by atoms with E-state index in [2.05, 4.69) is 39.7 Å². The lowest BCUT2D eigenvalue weighted by atomic mass is 10.1. The van der Waals surface area contributed by atoms with Gasteiger partial charge in [0.15, 0.2) is 0 Å². The summed E-state index contributed by atoms with van der Waals surface area (Å²) in [4.78, 5) is 0. The molecule has 0 aromatic heterocycles. The minimum absolute atomic E-state index is 1.14. The topological polar surface area (TPSA) is 27.7 Å². The highest BCUT2D eigenvalue weighted by Gasteiger charge is 2.52. The molecule has 1 aliphatic rings. The summed E-state index contributed by atoms with van der Waals surface area (Å²) >= 11 is 0. The Labute approximate surface area is 148 Å². The minimum atomic E-state index is -2.00. The van der Waals surface area contributed by atoms with E-state index in [0.29, 0.717) is 0 Å². The second-order valence-corrected chi connectivity index (χ2v) is 19.0. The van der Waals surface area contributed by atoms with Crippen LogP contribution in [0.1, 0.15) is 71.1 Å². The molecule has 0 radical (unpaired) electrons. The highest BCUT2D eigenvalue weighted by atomic mass is 28.5. The van der Waals surface area contributed by atoms with Crippen LogP contribution in [0.5, 0.6) is 0 Å². The van der Waals surface area contributed by atoms with Crippen molar-refractivity contribution < 1.29 is 12.3 Å². The fourth-order valence-corrected chi connectivity index (χ4v) is 20.1. The van der Waals surface area contributed by atoms with Gasteiger partial charge in [0.1, 0.15) is 0 Å². The third kappa shape index (κ3) is 9.55. The predicted molar refractivity (Wildman–Crippen MR) is 106 cm³/mol. The van der Waals surface area contributed by atoms with Gasteiger partial charge in [-0.25, -0.2) is 0 Å². The molecule has 0 N–H and O–H groups in total. The molecule has 23 heavy (non-hydrogen) atoms. The molecule has 138 valence electrons. The van der Waals surface area contributed by atoms with Crippen LogP contribution in [0.25, 0.3) is 0 Å². The molecular formula is C17H40O3Si3. The van der Waals surface area contributed by atoms with Gasteiger partial charge in [-0.2, -0.15) is 0 Å². The molecule has 1 saturated heterocycles. The van der Waals surface area contributed by atoms with Gasteiger partial charge in [0.25, 0.3) is 0 Å². The SMILES string of the molecule is CCCCCCCCCCCC[Si]1(C)O[Si](C)(C)O[Si](C)(C)O1. The van der Waals surface area contributed by atoms with Crippen LogP contribution < -0.4 is 0 Å². The Morgan fingerprint density at radius 3 is 1.35 bits per heavy atom. The van der Waals surface area contributed by atoms with Crippen molar-refractivity contribution in [1.82, 2.24) is 0 Å². The molecule has 0 unspecified atom stereocenters. The third-order valence-corrected chi connectivity index (χ3v) is 17.0. The summed E-state index contributed by atoms with van der Waals surface area (Å²) in [7, 11) is -5.92. The fraction of sp³-hybridized carbons (Fsp3) is 1.00. The largest absolute Gasteiger partial charge is 0.416 e. The molecule has 0 spiro atoms. The molecule has 0 aliphatic carbocycles. The van der Waals surface area contributed by atoms with Crippen LogP contribution in [0.2, 0.25) is 38.8 Å². The first-order valence-electron chi connectivity index (χ1n) is 9.79. The van der Waals surface area contributed by atoms with E-state index in [1.54, 1.807) is 0 Å². The maximum absolute atomic E-state index is 6.35. The zero-order valence-electron chi connectivity index (χ0n) is 16.5. The second kappa shape index (κ2) is 9.87. The lowest BCUT2D eigenvalue weighted by molar-refractivity contribution is 0.231. The van der Waals surface area contributed by atoms with Gasteiger partial charge in [0, 0.05) is 0 Å². The molecule has 0 aromatic rings. The van der Waals surface area contributed by atoms with Gasteiger partial charge in [-0.15, -0.1) is 0 Å². The summed E-state index contributed by atoms with van der Waals surface area (Å²) < 4.78 is 18.8. The Kier molecular flexibility index (Phi) is 9.26. The van der Waals surface area contributed by atoms with Crippen molar-refractivity contribution in [2.24, 2.45) is 0 Å². The summed E-state index contributed by atoms with van der Waals surface area (Å²) in [6.07, 6.45) is 13.8. The highest BCUT2D eigenvalue weighted by Crippen LogP contribution is 2.33. The quantitative estimate of drug-likeness (QED) is 0.306. The smallest absolute Gasteiger partial charge is 0.317 e. The Morgan fingerprint density at radius 2 is 0.913 bits per heavy atom. The number of hydrogen-bond acceptors (Lipinski definition) is 3. The monoisotopic (exact) mass is 376 g/mol.